The molecule has 1 aromatic heterocycles. The van der Waals surface area contributed by atoms with Crippen LogP contribution in [0, 0.1) is 0 Å². The van der Waals surface area contributed by atoms with Crippen molar-refractivity contribution in [1.29, 1.82) is 0 Å². The van der Waals surface area contributed by atoms with Crippen molar-refractivity contribution < 1.29 is 0 Å². The molecule has 0 saturated carbocycles. The molecule has 0 radical (unpaired) electrons. The van der Waals surface area contributed by atoms with Crippen molar-refractivity contribution >= 4 is 27.6 Å². The van der Waals surface area contributed by atoms with Crippen molar-refractivity contribution in [3.05, 3.63) is 45.7 Å². The third-order valence-corrected chi connectivity index (χ3v) is 4.86. The van der Waals surface area contributed by atoms with Crippen LogP contribution >= 0.6 is 15.9 Å². The van der Waals surface area contributed by atoms with E-state index in [1.807, 2.05) is 0 Å². The summed E-state index contributed by atoms with van der Waals surface area (Å²) in [6.07, 6.45) is 5.43. The van der Waals surface area contributed by atoms with Gasteiger partial charge < -0.3 is 4.90 Å². The second kappa shape index (κ2) is 9.16. The Hall–Kier alpha value is -1.42. The molecule has 0 bridgehead atoms. The van der Waals surface area contributed by atoms with Gasteiger partial charge in [0.1, 0.15) is 0 Å². The van der Waals surface area contributed by atoms with E-state index in [9.17, 15) is 0 Å². The van der Waals surface area contributed by atoms with Gasteiger partial charge in [-0.1, -0.05) is 33.3 Å². The fraction of sp³-hybridized carbons (Fsp3) is 0.500. The standard InChI is InChI=1S/C20H28BrN3/c1-5-9-10-15-11-12-19(18(21)13-15)24(8-4)20-22-16(6-2)14-17(7-3)23-20/h11-14H,5-10H2,1-4H3. The molecule has 3 nitrogen and oxygen atoms in total. The molecule has 2 aromatic rings. The van der Waals surface area contributed by atoms with Crippen molar-refractivity contribution in [2.75, 3.05) is 11.4 Å². The highest BCUT2D eigenvalue weighted by Gasteiger charge is 2.15. The van der Waals surface area contributed by atoms with Gasteiger partial charge >= 0.3 is 0 Å². The fourth-order valence-corrected chi connectivity index (χ4v) is 3.39. The number of hydrogen-bond donors (Lipinski definition) is 0. The minimum absolute atomic E-state index is 0.802. The van der Waals surface area contributed by atoms with Gasteiger partial charge in [0.2, 0.25) is 5.95 Å². The zero-order chi connectivity index (χ0) is 17.5. The maximum Gasteiger partial charge on any atom is 0.230 e. The molecule has 0 aliphatic carbocycles. The molecule has 0 amide bonds. The summed E-state index contributed by atoms with van der Waals surface area (Å²) in [6.45, 7) is 9.49. The molecule has 0 unspecified atom stereocenters. The van der Waals surface area contributed by atoms with Gasteiger partial charge in [0.15, 0.2) is 0 Å². The van der Waals surface area contributed by atoms with Gasteiger partial charge in [-0.25, -0.2) is 9.97 Å². The van der Waals surface area contributed by atoms with E-state index in [0.29, 0.717) is 0 Å². The van der Waals surface area contributed by atoms with Crippen LogP contribution in [-0.4, -0.2) is 16.5 Å². The number of aromatic nitrogens is 2. The SMILES string of the molecule is CCCCc1ccc(N(CC)c2nc(CC)cc(CC)n2)c(Br)c1. The number of hydrogen-bond acceptors (Lipinski definition) is 3. The van der Waals surface area contributed by atoms with Gasteiger partial charge in [-0.3, -0.25) is 0 Å². The van der Waals surface area contributed by atoms with Crippen LogP contribution in [0.25, 0.3) is 0 Å². The summed E-state index contributed by atoms with van der Waals surface area (Å²) >= 11 is 3.75. The Kier molecular flexibility index (Phi) is 7.22. The molecule has 1 heterocycles. The average Bonchev–Trinajstić information content (AvgIpc) is 2.61. The highest BCUT2D eigenvalue weighted by Crippen LogP contribution is 2.32. The second-order valence-electron chi connectivity index (χ2n) is 5.99. The Morgan fingerprint density at radius 2 is 1.62 bits per heavy atom. The number of unbranched alkanes of at least 4 members (excludes halogenated alkanes) is 1. The van der Waals surface area contributed by atoms with Crippen LogP contribution in [0.4, 0.5) is 11.6 Å². The Bertz CT molecular complexity index is 648. The second-order valence-corrected chi connectivity index (χ2v) is 6.85. The van der Waals surface area contributed by atoms with E-state index in [1.54, 1.807) is 0 Å². The summed E-state index contributed by atoms with van der Waals surface area (Å²) in [4.78, 5) is 11.7. The number of halogens is 1. The monoisotopic (exact) mass is 389 g/mol. The van der Waals surface area contributed by atoms with E-state index in [1.165, 1.54) is 18.4 Å². The van der Waals surface area contributed by atoms with Crippen molar-refractivity contribution in [3.8, 4) is 0 Å². The lowest BCUT2D eigenvalue weighted by Gasteiger charge is -2.23. The van der Waals surface area contributed by atoms with Crippen LogP contribution in [0.15, 0.2) is 28.7 Å². The lowest BCUT2D eigenvalue weighted by Crippen LogP contribution is -2.20. The van der Waals surface area contributed by atoms with Crippen LogP contribution < -0.4 is 4.90 Å². The first-order chi connectivity index (χ1) is 11.6. The molecule has 0 saturated heterocycles. The van der Waals surface area contributed by atoms with Crippen molar-refractivity contribution in [2.45, 2.75) is 59.8 Å². The summed E-state index contributed by atoms with van der Waals surface area (Å²) in [5.41, 5.74) is 4.71. The van der Waals surface area contributed by atoms with E-state index < -0.39 is 0 Å². The van der Waals surface area contributed by atoms with Gasteiger partial charge in [-0.2, -0.15) is 0 Å². The Labute approximate surface area is 154 Å². The highest BCUT2D eigenvalue weighted by atomic mass is 79.9. The topological polar surface area (TPSA) is 29.0 Å². The first kappa shape index (κ1) is 18.9. The minimum Gasteiger partial charge on any atom is -0.310 e. The Morgan fingerprint density at radius 3 is 2.12 bits per heavy atom. The van der Waals surface area contributed by atoms with E-state index >= 15 is 0 Å². The first-order valence-corrected chi connectivity index (χ1v) is 9.84. The Morgan fingerprint density at radius 1 is 0.958 bits per heavy atom. The van der Waals surface area contributed by atoms with E-state index in [0.717, 1.165) is 53.3 Å². The number of aryl methyl sites for hydroxylation is 3. The molecule has 1 aromatic carbocycles. The zero-order valence-corrected chi connectivity index (χ0v) is 16.9. The van der Waals surface area contributed by atoms with E-state index in [2.05, 4.69) is 72.8 Å². The number of nitrogens with zero attached hydrogens (tertiary/aromatic N) is 3. The summed E-state index contributed by atoms with van der Waals surface area (Å²) in [5.74, 6) is 0.802. The molecule has 24 heavy (non-hydrogen) atoms. The Balaban J connectivity index is 2.37. The first-order valence-electron chi connectivity index (χ1n) is 9.05. The fourth-order valence-electron chi connectivity index (χ4n) is 2.75. The molecule has 0 aliphatic rings. The molecule has 0 spiro atoms. The molecule has 0 aliphatic heterocycles. The molecule has 0 atom stereocenters. The lowest BCUT2D eigenvalue weighted by molar-refractivity contribution is 0.794. The molecular weight excluding hydrogens is 362 g/mol. The van der Waals surface area contributed by atoms with Crippen molar-refractivity contribution in [1.82, 2.24) is 9.97 Å². The van der Waals surface area contributed by atoms with E-state index in [-0.39, 0.29) is 0 Å². The van der Waals surface area contributed by atoms with Gasteiger partial charge in [0.05, 0.1) is 5.69 Å². The van der Waals surface area contributed by atoms with Crippen LogP contribution in [0.1, 0.15) is 57.5 Å². The number of benzene rings is 1. The maximum atomic E-state index is 4.75. The summed E-state index contributed by atoms with van der Waals surface area (Å²) in [5, 5.41) is 0. The number of anilines is 2. The van der Waals surface area contributed by atoms with Gasteiger partial charge in [0.25, 0.3) is 0 Å². The summed E-state index contributed by atoms with van der Waals surface area (Å²) in [7, 11) is 0. The predicted octanol–water partition coefficient (Wildman–Crippen LogP) is 5.86. The van der Waals surface area contributed by atoms with Gasteiger partial charge in [-0.05, 0) is 72.3 Å². The lowest BCUT2D eigenvalue weighted by atomic mass is 10.1. The van der Waals surface area contributed by atoms with Crippen molar-refractivity contribution in [3.63, 3.8) is 0 Å². The maximum absolute atomic E-state index is 4.75. The zero-order valence-electron chi connectivity index (χ0n) is 15.3. The normalized spacial score (nSPS) is 10.9. The number of rotatable bonds is 8. The van der Waals surface area contributed by atoms with Crippen LogP contribution in [-0.2, 0) is 19.3 Å². The third-order valence-electron chi connectivity index (χ3n) is 4.22. The summed E-state index contributed by atoms with van der Waals surface area (Å²) in [6, 6.07) is 8.76. The molecule has 0 N–H and O–H groups in total. The molecular formula is C20H28BrN3. The highest BCUT2D eigenvalue weighted by molar-refractivity contribution is 9.10. The van der Waals surface area contributed by atoms with Crippen LogP contribution in [0.2, 0.25) is 0 Å². The minimum atomic E-state index is 0.802. The summed E-state index contributed by atoms with van der Waals surface area (Å²) < 4.78 is 1.11. The molecule has 4 heteroatoms. The third kappa shape index (κ3) is 4.56. The van der Waals surface area contributed by atoms with Gasteiger partial charge in [-0.15, -0.1) is 0 Å². The van der Waals surface area contributed by atoms with Crippen LogP contribution in [0.3, 0.4) is 0 Å². The average molecular weight is 390 g/mol. The van der Waals surface area contributed by atoms with Crippen molar-refractivity contribution in [2.24, 2.45) is 0 Å². The van der Waals surface area contributed by atoms with E-state index in [4.69, 9.17) is 9.97 Å². The largest absolute Gasteiger partial charge is 0.310 e. The smallest absolute Gasteiger partial charge is 0.230 e. The van der Waals surface area contributed by atoms with Crippen LogP contribution in [0.5, 0.6) is 0 Å². The molecule has 2 rings (SSSR count). The molecule has 130 valence electrons. The van der Waals surface area contributed by atoms with Gasteiger partial charge in [0, 0.05) is 22.4 Å². The quantitative estimate of drug-likeness (QED) is 0.565. The predicted molar refractivity (Wildman–Crippen MR) is 106 cm³/mol. The molecule has 0 fully saturated rings.